The van der Waals surface area contributed by atoms with E-state index in [0.717, 1.165) is 76.9 Å². The van der Waals surface area contributed by atoms with Crippen LogP contribution in [0.15, 0.2) is 256 Å². The lowest BCUT2D eigenvalue weighted by Crippen LogP contribution is -1.90. The molecule has 10 heteroatoms. The standard InChI is InChI=1S/C30H21NO.C18H11BrO.C12H11N.CH4.2F2.FH/c1-2-7-21(8-3-1)22-13-17-24(18-14-22)31-25-19-15-23(16-20-25)26-10-6-11-28-27-9-4-5-12-29(27)32-30(26)28;19-13-10-8-12(9-11-13)14-5-3-6-16-15-4-1-2-7-17(15)20-18(14)16;13-12-8-6-11(7-9-12)10-4-2-1-3-5-10;;2*1-2;/h1-20,31H;1-11H;1-9H,13H2;1H4;;;1H. The van der Waals surface area contributed by atoms with Crippen molar-refractivity contribution in [2.45, 2.75) is 7.43 Å². The number of hydrogen-bond acceptors (Lipinski definition) is 4. The Labute approximate surface area is 416 Å². The van der Waals surface area contributed by atoms with Crippen LogP contribution in [0.5, 0.6) is 0 Å². The van der Waals surface area contributed by atoms with Gasteiger partial charge in [0, 0.05) is 72.5 Å². The Kier molecular flexibility index (Phi) is 18.4. The molecule has 2 aromatic heterocycles. The highest BCUT2D eigenvalue weighted by Gasteiger charge is 2.13. The van der Waals surface area contributed by atoms with Crippen LogP contribution in [0.1, 0.15) is 7.43 Å². The number of hydrogen-bond donors (Lipinski definition) is 2. The van der Waals surface area contributed by atoms with Gasteiger partial charge in [-0.25, -0.2) is 0 Å². The minimum atomic E-state index is 0. The highest BCUT2D eigenvalue weighted by molar-refractivity contribution is 9.10. The maximum atomic E-state index is 8.00. The summed E-state index contributed by atoms with van der Waals surface area (Å²) in [6, 6.07) is 82.9. The van der Waals surface area contributed by atoms with Crippen LogP contribution in [-0.4, -0.2) is 0 Å². The van der Waals surface area contributed by atoms with E-state index in [4.69, 9.17) is 32.9 Å². The summed E-state index contributed by atoms with van der Waals surface area (Å²) in [6.07, 6.45) is 0. The van der Waals surface area contributed by atoms with Crippen molar-refractivity contribution in [1.29, 1.82) is 0 Å². The smallest absolute Gasteiger partial charge is 0.143 e. The zero-order valence-corrected chi connectivity index (χ0v) is 38.9. The summed E-state index contributed by atoms with van der Waals surface area (Å²) >= 11 is 3.47. The van der Waals surface area contributed by atoms with Gasteiger partial charge in [0.25, 0.3) is 0 Å². The summed E-state index contributed by atoms with van der Waals surface area (Å²) in [6.45, 7) is 0. The molecule has 0 saturated carbocycles. The molecule has 0 unspecified atom stereocenters. The predicted octanol–water partition coefficient (Wildman–Crippen LogP) is 20.1. The number of nitrogens with two attached hydrogens (primary N) is 1. The zero-order chi connectivity index (χ0) is 48.0. The second-order valence-electron chi connectivity index (χ2n) is 15.7. The number of rotatable bonds is 6. The Bertz CT molecular complexity index is 3510. The Balaban J connectivity index is 0.000000181. The van der Waals surface area contributed by atoms with Crippen LogP contribution in [0.2, 0.25) is 0 Å². The molecule has 0 aliphatic carbocycles. The largest absolute Gasteiger partial charge is 0.455 e. The Morgan fingerprint density at radius 2 is 0.662 bits per heavy atom. The highest BCUT2D eigenvalue weighted by atomic mass is 79.9. The molecule has 0 radical (unpaired) electrons. The third-order valence-electron chi connectivity index (χ3n) is 11.5. The van der Waals surface area contributed by atoms with Crippen molar-refractivity contribution < 1.29 is 31.8 Å². The number of benzene rings is 10. The minimum Gasteiger partial charge on any atom is -0.455 e. The highest BCUT2D eigenvalue weighted by Crippen LogP contribution is 2.38. The normalized spacial score (nSPS) is 10.2. The molecule has 0 bridgehead atoms. The van der Waals surface area contributed by atoms with E-state index in [1.807, 2.05) is 78.9 Å². The van der Waals surface area contributed by atoms with Crippen molar-refractivity contribution in [3.8, 4) is 44.5 Å². The number of halogens is 6. The SMILES string of the molecule is Brc1ccc(-c2cccc3c2oc2ccccc23)cc1.C.F.FF.FF.Nc1ccc(-c2ccccc2)cc1.c1ccc(-c2ccc(Nc3ccc(-c4cccc5c4oc4ccccc45)cc3)cc2)cc1. The molecule has 3 N–H and O–H groups in total. The van der Waals surface area contributed by atoms with E-state index in [1.165, 1.54) is 33.0 Å². The Morgan fingerprint density at radius 3 is 1.08 bits per heavy atom. The van der Waals surface area contributed by atoms with Gasteiger partial charge in [-0.1, -0.05) is 205 Å². The molecule has 0 aliphatic heterocycles. The van der Waals surface area contributed by atoms with Crippen molar-refractivity contribution in [3.63, 3.8) is 0 Å². The van der Waals surface area contributed by atoms with Crippen LogP contribution in [0.4, 0.5) is 40.1 Å². The number of furan rings is 2. The lowest BCUT2D eigenvalue weighted by molar-refractivity contribution is 0.108. The number of para-hydroxylation sites is 4. The van der Waals surface area contributed by atoms with E-state index in [2.05, 4.69) is 185 Å². The maximum Gasteiger partial charge on any atom is 0.143 e. The number of anilines is 3. The van der Waals surface area contributed by atoms with Gasteiger partial charge in [-0.3, -0.25) is 4.70 Å². The van der Waals surface area contributed by atoms with Gasteiger partial charge in [0.15, 0.2) is 0 Å². The second-order valence-corrected chi connectivity index (χ2v) is 16.6. The fraction of sp³-hybridized carbons (Fsp3) is 0.0164. The first kappa shape index (κ1) is 51.9. The van der Waals surface area contributed by atoms with Gasteiger partial charge in [-0.05, 0) is 94.0 Å². The molecule has 0 spiro atoms. The van der Waals surface area contributed by atoms with Gasteiger partial charge in [0.1, 0.15) is 22.3 Å². The molecule has 12 rings (SSSR count). The van der Waals surface area contributed by atoms with Crippen LogP contribution in [0, 0.1) is 0 Å². The van der Waals surface area contributed by atoms with E-state index in [-0.39, 0.29) is 12.1 Å². The number of fused-ring (bicyclic) bond motifs is 6. The third-order valence-corrected chi connectivity index (χ3v) is 12.0. The van der Waals surface area contributed by atoms with Crippen LogP contribution in [0.25, 0.3) is 88.4 Å². The van der Waals surface area contributed by atoms with Gasteiger partial charge >= 0.3 is 0 Å². The van der Waals surface area contributed by atoms with Gasteiger partial charge in [0.05, 0.1) is 0 Å². The molecular weight excluding hydrogens is 968 g/mol. The molecule has 0 aliphatic rings. The minimum absolute atomic E-state index is 0. The molecule has 356 valence electrons. The molecule has 4 nitrogen and oxygen atoms in total. The molecule has 0 amide bonds. The van der Waals surface area contributed by atoms with Crippen molar-refractivity contribution in [2.75, 3.05) is 11.1 Å². The first-order chi connectivity index (χ1) is 34.0. The monoisotopic (exact) mass is 1010 g/mol. The molecule has 2 heterocycles. The molecular formula is C61H48BrF5N2O2. The third kappa shape index (κ3) is 12.2. The zero-order valence-electron chi connectivity index (χ0n) is 37.3. The van der Waals surface area contributed by atoms with E-state index in [0.29, 0.717) is 0 Å². The van der Waals surface area contributed by atoms with Crippen LogP contribution < -0.4 is 11.1 Å². The van der Waals surface area contributed by atoms with E-state index >= 15 is 0 Å². The Morgan fingerprint density at radius 1 is 0.338 bits per heavy atom. The molecule has 0 fully saturated rings. The fourth-order valence-electron chi connectivity index (χ4n) is 8.16. The molecule has 10 aromatic carbocycles. The average molecular weight is 1020 g/mol. The van der Waals surface area contributed by atoms with Crippen LogP contribution >= 0.6 is 15.9 Å². The fourth-order valence-corrected chi connectivity index (χ4v) is 8.43. The van der Waals surface area contributed by atoms with Gasteiger partial charge in [-0.2, -0.15) is 0 Å². The quantitative estimate of drug-likeness (QED) is 0.129. The van der Waals surface area contributed by atoms with Gasteiger partial charge in [0.2, 0.25) is 0 Å². The van der Waals surface area contributed by atoms with Crippen LogP contribution in [0.3, 0.4) is 0 Å². The van der Waals surface area contributed by atoms with Gasteiger partial charge in [-0.15, -0.1) is 0 Å². The summed E-state index contributed by atoms with van der Waals surface area (Å²) in [5, 5.41) is 8.14. The first-order valence-electron chi connectivity index (χ1n) is 21.8. The van der Waals surface area contributed by atoms with E-state index < -0.39 is 0 Å². The number of nitrogens with one attached hydrogen (secondary N) is 1. The molecule has 12 aromatic rings. The van der Waals surface area contributed by atoms with Crippen molar-refractivity contribution in [1.82, 2.24) is 0 Å². The summed E-state index contributed by atoms with van der Waals surface area (Å²) in [5.74, 6) is 0. The van der Waals surface area contributed by atoms with Gasteiger partial charge < -0.3 is 19.9 Å². The molecule has 71 heavy (non-hydrogen) atoms. The maximum absolute atomic E-state index is 8.00. The van der Waals surface area contributed by atoms with Crippen LogP contribution in [-0.2, 0) is 0 Å². The Hall–Kier alpha value is -8.47. The predicted molar refractivity (Wildman–Crippen MR) is 291 cm³/mol. The second kappa shape index (κ2) is 25.2. The summed E-state index contributed by atoms with van der Waals surface area (Å²) < 4.78 is 45.3. The molecule has 0 saturated heterocycles. The van der Waals surface area contributed by atoms with Crippen molar-refractivity contribution in [3.05, 3.63) is 247 Å². The lowest BCUT2D eigenvalue weighted by atomic mass is 10.0. The summed E-state index contributed by atoms with van der Waals surface area (Å²) in [5.41, 5.74) is 21.7. The first-order valence-corrected chi connectivity index (χ1v) is 22.6. The topological polar surface area (TPSA) is 64.3 Å². The van der Waals surface area contributed by atoms with Crippen molar-refractivity contribution in [2.24, 2.45) is 0 Å². The number of nitrogen functional groups attached to an aromatic ring is 1. The van der Waals surface area contributed by atoms with E-state index in [1.54, 1.807) is 0 Å². The van der Waals surface area contributed by atoms with E-state index in [9.17, 15) is 0 Å². The summed E-state index contributed by atoms with van der Waals surface area (Å²) in [4.78, 5) is 0. The average Bonchev–Trinajstić information content (AvgIpc) is 4.01. The van der Waals surface area contributed by atoms with Crippen molar-refractivity contribution >= 4 is 76.9 Å². The molecule has 0 atom stereocenters. The lowest BCUT2D eigenvalue weighted by Gasteiger charge is -2.09. The summed E-state index contributed by atoms with van der Waals surface area (Å²) in [7, 11) is 0.